The van der Waals surface area contributed by atoms with Gasteiger partial charge < -0.3 is 4.74 Å². The number of ketones is 1. The number of rotatable bonds is 8. The quantitative estimate of drug-likeness (QED) is 0.266. The number of thioether (sulfide) groups is 1. The van der Waals surface area contributed by atoms with Gasteiger partial charge >= 0.3 is 0 Å². The van der Waals surface area contributed by atoms with E-state index in [9.17, 15) is 10.1 Å². The molecule has 0 unspecified atom stereocenters. The zero-order valence-electron chi connectivity index (χ0n) is 17.6. The molecule has 0 bridgehead atoms. The Morgan fingerprint density at radius 2 is 1.94 bits per heavy atom. The van der Waals surface area contributed by atoms with Gasteiger partial charge in [0, 0.05) is 0 Å². The van der Waals surface area contributed by atoms with Crippen molar-refractivity contribution in [3.05, 3.63) is 71.3 Å². The van der Waals surface area contributed by atoms with Gasteiger partial charge in [-0.3, -0.25) is 9.20 Å². The first-order chi connectivity index (χ1) is 15.2. The molecule has 2 heterocycles. The first-order valence-electron chi connectivity index (χ1n) is 10.4. The van der Waals surface area contributed by atoms with Gasteiger partial charge in [-0.2, -0.15) is 5.26 Å². The maximum atomic E-state index is 13.0. The summed E-state index contributed by atoms with van der Waals surface area (Å²) < 4.78 is 7.63. The molecule has 31 heavy (non-hydrogen) atoms. The van der Waals surface area contributed by atoms with Crippen molar-refractivity contribution in [2.75, 3.05) is 12.4 Å². The van der Waals surface area contributed by atoms with E-state index in [1.54, 1.807) is 6.07 Å². The van der Waals surface area contributed by atoms with Crippen LogP contribution in [0.4, 0.5) is 0 Å². The zero-order valence-corrected chi connectivity index (χ0v) is 18.4. The summed E-state index contributed by atoms with van der Waals surface area (Å²) in [7, 11) is 0. The van der Waals surface area contributed by atoms with Crippen LogP contribution in [-0.4, -0.2) is 27.5 Å². The van der Waals surface area contributed by atoms with Crippen LogP contribution in [0, 0.1) is 11.3 Å². The van der Waals surface area contributed by atoms with Crippen molar-refractivity contribution < 1.29 is 9.53 Å². The third-order valence-electron chi connectivity index (χ3n) is 5.09. The van der Waals surface area contributed by atoms with E-state index in [1.165, 1.54) is 11.8 Å². The van der Waals surface area contributed by atoms with Gasteiger partial charge in [0.15, 0.2) is 11.4 Å². The van der Waals surface area contributed by atoms with E-state index in [-0.39, 0.29) is 11.5 Å². The van der Waals surface area contributed by atoms with Crippen LogP contribution in [0.3, 0.4) is 0 Å². The molecule has 0 aliphatic carbocycles. The smallest absolute Gasteiger partial charge is 0.176 e. The summed E-state index contributed by atoms with van der Waals surface area (Å²) in [5, 5.41) is 10.7. The van der Waals surface area contributed by atoms with Crippen LogP contribution in [0.5, 0.6) is 5.75 Å². The summed E-state index contributed by atoms with van der Waals surface area (Å²) >= 11 is 1.47. The molecule has 2 aromatic heterocycles. The number of hydrogen-bond acceptors (Lipinski definition) is 5. The molecule has 0 aliphatic heterocycles. The molecule has 156 valence electrons. The predicted molar refractivity (Wildman–Crippen MR) is 124 cm³/mol. The number of carbonyl (C=O) groups excluding carboxylic acids is 1. The largest absolute Gasteiger partial charge is 0.493 e. The molecule has 0 fully saturated rings. The van der Waals surface area contributed by atoms with E-state index in [4.69, 9.17) is 9.72 Å². The predicted octanol–water partition coefficient (Wildman–Crippen LogP) is 5.69. The Morgan fingerprint density at radius 3 is 2.71 bits per heavy atom. The number of aromatic nitrogens is 2. The molecule has 6 heteroatoms. The normalized spacial score (nSPS) is 11.0. The van der Waals surface area contributed by atoms with Gasteiger partial charge in [-0.05, 0) is 49.2 Å². The van der Waals surface area contributed by atoms with Crippen molar-refractivity contribution in [2.24, 2.45) is 0 Å². The van der Waals surface area contributed by atoms with Crippen molar-refractivity contribution in [1.82, 2.24) is 9.38 Å². The number of hydrogen-bond donors (Lipinski definition) is 0. The average Bonchev–Trinajstić information content (AvgIpc) is 3.17. The number of para-hydroxylation sites is 3. The topological polar surface area (TPSA) is 67.4 Å². The van der Waals surface area contributed by atoms with Gasteiger partial charge in [0.05, 0.1) is 39.5 Å². The molecule has 0 saturated carbocycles. The average molecular weight is 430 g/mol. The second-order valence-electron chi connectivity index (χ2n) is 7.15. The maximum Gasteiger partial charge on any atom is 0.176 e. The van der Waals surface area contributed by atoms with Gasteiger partial charge in [-0.25, -0.2) is 4.98 Å². The van der Waals surface area contributed by atoms with Crippen molar-refractivity contribution in [3.63, 3.8) is 0 Å². The highest BCUT2D eigenvalue weighted by molar-refractivity contribution is 8.00. The lowest BCUT2D eigenvalue weighted by Crippen LogP contribution is -2.07. The maximum absolute atomic E-state index is 13.0. The van der Waals surface area contributed by atoms with Crippen molar-refractivity contribution in [2.45, 2.75) is 31.7 Å². The summed E-state index contributed by atoms with van der Waals surface area (Å²) in [5.74, 6) is 0.886. The lowest BCUT2D eigenvalue weighted by atomic mass is 10.1. The number of aryl methyl sites for hydroxylation is 1. The molecule has 0 saturated heterocycles. The number of nitriles is 1. The van der Waals surface area contributed by atoms with Crippen LogP contribution in [0.15, 0.2) is 59.6 Å². The van der Waals surface area contributed by atoms with Crippen LogP contribution >= 0.6 is 11.8 Å². The highest BCUT2D eigenvalue weighted by Crippen LogP contribution is 2.31. The van der Waals surface area contributed by atoms with Gasteiger partial charge in [-0.1, -0.05) is 49.4 Å². The van der Waals surface area contributed by atoms with Crippen molar-refractivity contribution in [3.8, 4) is 11.8 Å². The molecule has 0 aliphatic rings. The second-order valence-corrected chi connectivity index (χ2v) is 8.14. The minimum atomic E-state index is 0.00743. The van der Waals surface area contributed by atoms with E-state index < -0.39 is 0 Å². The van der Waals surface area contributed by atoms with Crippen LogP contribution < -0.4 is 4.74 Å². The summed E-state index contributed by atoms with van der Waals surface area (Å²) in [6.45, 7) is 4.51. The van der Waals surface area contributed by atoms with Gasteiger partial charge in [0.1, 0.15) is 11.8 Å². The number of ether oxygens (including phenoxy) is 1. The Balaban J connectivity index is 1.77. The Kier molecular flexibility index (Phi) is 6.24. The fourth-order valence-corrected chi connectivity index (χ4v) is 4.71. The first kappa shape index (κ1) is 21.0. The van der Waals surface area contributed by atoms with Gasteiger partial charge in [-0.15, -0.1) is 0 Å². The van der Waals surface area contributed by atoms with Gasteiger partial charge in [0.2, 0.25) is 0 Å². The molecule has 0 atom stereocenters. The van der Waals surface area contributed by atoms with Crippen LogP contribution in [0.1, 0.15) is 41.8 Å². The fraction of sp³-hybridized carbons (Fsp3) is 0.240. The minimum absolute atomic E-state index is 0.00743. The van der Waals surface area contributed by atoms with Crippen LogP contribution in [-0.2, 0) is 6.42 Å². The molecular weight excluding hydrogens is 406 g/mol. The summed E-state index contributed by atoms with van der Waals surface area (Å²) in [6, 6.07) is 19.6. The number of benzene rings is 2. The number of Topliss-reactive ketones (excluding diaryl/α,β-unsaturated/α-hetero) is 1. The number of imidazole rings is 1. The lowest BCUT2D eigenvalue weighted by molar-refractivity contribution is 0.101. The molecule has 5 nitrogen and oxygen atoms in total. The monoisotopic (exact) mass is 429 g/mol. The molecule has 0 amide bonds. The number of fused-ring (bicyclic) bond motifs is 3. The second kappa shape index (κ2) is 9.23. The molecular formula is C25H23N3O2S. The van der Waals surface area contributed by atoms with E-state index in [0.717, 1.165) is 34.5 Å². The minimum Gasteiger partial charge on any atom is -0.493 e. The molecule has 0 N–H and O–H groups in total. The standard InChI is InChI=1S/C25H23N3O2S/c1-3-9-17-14-24(31-16-22(29)18-10-5-8-13-23(18)30-4-2)28-21-12-7-6-11-20(21)27-25(28)19(17)15-26/h5-8,10-14H,3-4,9,16H2,1-2H3. The van der Waals surface area contributed by atoms with Crippen molar-refractivity contribution >= 4 is 34.2 Å². The van der Waals surface area contributed by atoms with Crippen molar-refractivity contribution in [1.29, 1.82) is 5.26 Å². The highest BCUT2D eigenvalue weighted by atomic mass is 32.2. The SMILES string of the molecule is CCCc1cc(SCC(=O)c2ccccc2OCC)n2c(nc3ccccc32)c1C#N. The van der Waals surface area contributed by atoms with E-state index in [1.807, 2.05) is 59.9 Å². The zero-order chi connectivity index (χ0) is 21.8. The van der Waals surface area contributed by atoms with Crippen LogP contribution in [0.2, 0.25) is 0 Å². The van der Waals surface area contributed by atoms with Crippen LogP contribution in [0.25, 0.3) is 16.7 Å². The Labute approximate surface area is 185 Å². The molecule has 0 radical (unpaired) electrons. The third-order valence-corrected chi connectivity index (χ3v) is 6.10. The molecule has 2 aromatic carbocycles. The van der Waals surface area contributed by atoms with E-state index in [2.05, 4.69) is 13.0 Å². The summed E-state index contributed by atoms with van der Waals surface area (Å²) in [6.07, 6.45) is 1.72. The third kappa shape index (κ3) is 4.01. The number of carbonyl (C=O) groups is 1. The van der Waals surface area contributed by atoms with E-state index >= 15 is 0 Å². The summed E-state index contributed by atoms with van der Waals surface area (Å²) in [5.41, 5.74) is 4.59. The first-order valence-corrected chi connectivity index (χ1v) is 11.4. The summed E-state index contributed by atoms with van der Waals surface area (Å²) in [4.78, 5) is 17.7. The lowest BCUT2D eigenvalue weighted by Gasteiger charge is -2.12. The highest BCUT2D eigenvalue weighted by Gasteiger charge is 2.19. The molecule has 4 aromatic rings. The Morgan fingerprint density at radius 1 is 1.16 bits per heavy atom. The molecule has 4 rings (SSSR count). The van der Waals surface area contributed by atoms with E-state index in [0.29, 0.717) is 29.1 Å². The van der Waals surface area contributed by atoms with Gasteiger partial charge in [0.25, 0.3) is 0 Å². The fourth-order valence-electron chi connectivity index (χ4n) is 3.74. The molecule has 0 spiro atoms. The number of nitrogens with zero attached hydrogens (tertiary/aromatic N) is 3. The number of pyridine rings is 1. The Bertz CT molecular complexity index is 1300. The Hall–Kier alpha value is -3.30.